The summed E-state index contributed by atoms with van der Waals surface area (Å²) in [5.41, 5.74) is 6.97. The van der Waals surface area contributed by atoms with Crippen molar-refractivity contribution < 1.29 is 34.7 Å². The number of fused-ring (bicyclic) bond motifs is 1. The van der Waals surface area contributed by atoms with Gasteiger partial charge in [0.15, 0.2) is 0 Å². The Morgan fingerprint density at radius 2 is 1.94 bits per heavy atom. The second kappa shape index (κ2) is 10.5. The number of amides is 1. The topological polar surface area (TPSA) is 154 Å². The number of primary amides is 1. The molecule has 0 fully saturated rings. The maximum Gasteiger partial charge on any atom is 0.252 e. The van der Waals surface area contributed by atoms with E-state index in [2.05, 4.69) is 5.32 Å². The molecule has 1 amide bonds. The lowest BCUT2D eigenvalue weighted by atomic mass is 9.87. The number of nitrogens with one attached hydrogen (secondary N) is 1. The van der Waals surface area contributed by atoms with Crippen molar-refractivity contribution in [2.24, 2.45) is 5.73 Å². The van der Waals surface area contributed by atoms with Crippen molar-refractivity contribution in [3.63, 3.8) is 0 Å². The van der Waals surface area contributed by atoms with Gasteiger partial charge in [-0.3, -0.25) is 4.79 Å². The van der Waals surface area contributed by atoms with Gasteiger partial charge in [-0.05, 0) is 29.8 Å². The number of aliphatic hydroxyl groups is 3. The zero-order valence-corrected chi connectivity index (χ0v) is 17.0. The fourth-order valence-corrected chi connectivity index (χ4v) is 3.43. The first kappa shape index (κ1) is 22.8. The molecule has 2 aromatic carbocycles. The summed E-state index contributed by atoms with van der Waals surface area (Å²) < 4.78 is 11.2. The van der Waals surface area contributed by atoms with Crippen LogP contribution in [0.2, 0.25) is 0 Å². The number of hydrogen-bond acceptors (Lipinski definition) is 8. The van der Waals surface area contributed by atoms with Crippen LogP contribution in [-0.4, -0.2) is 70.9 Å². The van der Waals surface area contributed by atoms with Crippen LogP contribution in [0.25, 0.3) is 0 Å². The van der Waals surface area contributed by atoms with Crippen molar-refractivity contribution in [3.8, 4) is 17.2 Å². The summed E-state index contributed by atoms with van der Waals surface area (Å²) in [6, 6.07) is 9.75. The van der Waals surface area contributed by atoms with Crippen molar-refractivity contribution in [1.29, 1.82) is 0 Å². The number of benzene rings is 2. The van der Waals surface area contributed by atoms with E-state index in [0.29, 0.717) is 30.9 Å². The zero-order valence-electron chi connectivity index (χ0n) is 17.0. The van der Waals surface area contributed by atoms with Gasteiger partial charge < -0.3 is 41.0 Å². The molecule has 3 atom stereocenters. The Kier molecular flexibility index (Phi) is 7.69. The first-order chi connectivity index (χ1) is 14.8. The lowest BCUT2D eigenvalue weighted by molar-refractivity contribution is 0.0132. The minimum absolute atomic E-state index is 0.0110. The van der Waals surface area contributed by atoms with Gasteiger partial charge in [-0.15, -0.1) is 0 Å². The Morgan fingerprint density at radius 3 is 2.71 bits per heavy atom. The predicted molar refractivity (Wildman–Crippen MR) is 112 cm³/mol. The van der Waals surface area contributed by atoms with Crippen LogP contribution in [0, 0.1) is 0 Å². The van der Waals surface area contributed by atoms with E-state index in [-0.39, 0.29) is 31.1 Å². The normalized spacial score (nSPS) is 18.8. The number of ether oxygens (including phenoxy) is 2. The summed E-state index contributed by atoms with van der Waals surface area (Å²) in [6.07, 6.45) is -1.67. The first-order valence-corrected chi connectivity index (χ1v) is 10.1. The minimum Gasteiger partial charge on any atom is -0.507 e. The maximum absolute atomic E-state index is 11.2. The monoisotopic (exact) mass is 432 g/mol. The molecular weight excluding hydrogens is 404 g/mol. The van der Waals surface area contributed by atoms with Gasteiger partial charge in [-0.1, -0.05) is 12.1 Å². The Balaban J connectivity index is 1.39. The molecule has 31 heavy (non-hydrogen) atoms. The lowest BCUT2D eigenvalue weighted by Crippen LogP contribution is -2.35. The molecule has 0 aromatic heterocycles. The summed E-state index contributed by atoms with van der Waals surface area (Å²) in [5, 5.41) is 42.5. The van der Waals surface area contributed by atoms with Gasteiger partial charge in [-0.2, -0.15) is 0 Å². The van der Waals surface area contributed by atoms with Crippen molar-refractivity contribution in [1.82, 2.24) is 5.32 Å². The van der Waals surface area contributed by atoms with Gasteiger partial charge in [0.05, 0.1) is 17.8 Å². The number of aliphatic hydroxyl groups excluding tert-OH is 3. The maximum atomic E-state index is 11.2. The van der Waals surface area contributed by atoms with E-state index >= 15 is 0 Å². The van der Waals surface area contributed by atoms with Crippen molar-refractivity contribution in [2.45, 2.75) is 31.2 Å². The average molecular weight is 432 g/mol. The highest BCUT2D eigenvalue weighted by molar-refractivity contribution is 5.95. The Labute approximate surface area is 180 Å². The van der Waals surface area contributed by atoms with E-state index in [1.54, 1.807) is 6.07 Å². The van der Waals surface area contributed by atoms with E-state index in [9.17, 15) is 25.2 Å². The van der Waals surface area contributed by atoms with Gasteiger partial charge in [0.1, 0.15) is 36.6 Å². The van der Waals surface area contributed by atoms with Crippen LogP contribution < -0.4 is 20.5 Å². The largest absolute Gasteiger partial charge is 0.507 e. The van der Waals surface area contributed by atoms with Crippen LogP contribution in [-0.2, 0) is 12.8 Å². The average Bonchev–Trinajstić information content (AvgIpc) is 2.73. The first-order valence-electron chi connectivity index (χ1n) is 10.1. The molecule has 0 spiro atoms. The van der Waals surface area contributed by atoms with Crippen molar-refractivity contribution in [3.05, 3.63) is 53.1 Å². The Bertz CT molecular complexity index is 905. The van der Waals surface area contributed by atoms with Crippen LogP contribution in [0.4, 0.5) is 0 Å². The molecule has 0 aliphatic heterocycles. The zero-order chi connectivity index (χ0) is 22.4. The summed E-state index contributed by atoms with van der Waals surface area (Å²) in [4.78, 5) is 11.2. The molecular formula is C22H28N2O7. The molecule has 1 unspecified atom stereocenters. The van der Waals surface area contributed by atoms with Crippen LogP contribution in [0.3, 0.4) is 0 Å². The number of aromatic hydroxyl groups is 1. The standard InChI is InChI=1S/C22H28N2O7/c23-22(29)17-9-15(4-5-18(17)26)30-7-6-24-11-14(25)12-31-21-3-1-2-13-8-19(27)20(28)10-16(13)21/h1-5,9,14,19-20,24-28H,6-8,10-12H2,(H2,23,29)/t14?,19-,20+/m0/s1. The minimum atomic E-state index is -0.823. The number of carbonyl (C=O) groups excluding carboxylic acids is 1. The van der Waals surface area contributed by atoms with Crippen molar-refractivity contribution >= 4 is 5.91 Å². The Morgan fingerprint density at radius 1 is 1.16 bits per heavy atom. The van der Waals surface area contributed by atoms with E-state index < -0.39 is 24.2 Å². The molecule has 2 aromatic rings. The van der Waals surface area contributed by atoms with Crippen LogP contribution in [0.5, 0.6) is 17.2 Å². The molecule has 9 heteroatoms. The smallest absolute Gasteiger partial charge is 0.252 e. The van der Waals surface area contributed by atoms with Crippen LogP contribution in [0.1, 0.15) is 21.5 Å². The molecule has 7 N–H and O–H groups in total. The quantitative estimate of drug-likeness (QED) is 0.280. The van der Waals surface area contributed by atoms with Gasteiger partial charge in [-0.25, -0.2) is 0 Å². The molecule has 0 bridgehead atoms. The van der Waals surface area contributed by atoms with Crippen molar-refractivity contribution in [2.75, 3.05) is 26.3 Å². The third-order valence-corrected chi connectivity index (χ3v) is 5.11. The van der Waals surface area contributed by atoms with Gasteiger partial charge in [0.25, 0.3) is 5.91 Å². The van der Waals surface area contributed by atoms with E-state index in [1.165, 1.54) is 18.2 Å². The second-order valence-corrected chi connectivity index (χ2v) is 7.50. The van der Waals surface area contributed by atoms with Gasteiger partial charge >= 0.3 is 0 Å². The van der Waals surface area contributed by atoms with E-state index in [1.807, 2.05) is 12.1 Å². The molecule has 0 heterocycles. The summed E-state index contributed by atoms with van der Waals surface area (Å²) in [5.74, 6) is 0.0582. The number of carbonyl (C=O) groups is 1. The third-order valence-electron chi connectivity index (χ3n) is 5.11. The molecule has 0 saturated heterocycles. The summed E-state index contributed by atoms with van der Waals surface area (Å²) in [7, 11) is 0. The fourth-order valence-electron chi connectivity index (χ4n) is 3.43. The highest BCUT2D eigenvalue weighted by atomic mass is 16.5. The van der Waals surface area contributed by atoms with E-state index in [0.717, 1.165) is 11.1 Å². The number of nitrogens with two attached hydrogens (primary N) is 1. The molecule has 0 saturated carbocycles. The third kappa shape index (κ3) is 6.08. The van der Waals surface area contributed by atoms with E-state index in [4.69, 9.17) is 15.2 Å². The van der Waals surface area contributed by atoms with Gasteiger partial charge in [0.2, 0.25) is 0 Å². The molecule has 1 aliphatic carbocycles. The SMILES string of the molecule is NC(=O)c1cc(OCCNCC(O)COc2cccc3c2C[C@@H](O)[C@@H](O)C3)ccc1O. The molecule has 1 aliphatic rings. The van der Waals surface area contributed by atoms with Crippen LogP contribution in [0.15, 0.2) is 36.4 Å². The second-order valence-electron chi connectivity index (χ2n) is 7.50. The number of hydrogen-bond donors (Lipinski definition) is 6. The molecule has 0 radical (unpaired) electrons. The summed E-state index contributed by atoms with van der Waals surface area (Å²) >= 11 is 0. The fraction of sp³-hybridized carbons (Fsp3) is 0.409. The molecule has 9 nitrogen and oxygen atoms in total. The number of phenols is 1. The lowest BCUT2D eigenvalue weighted by Gasteiger charge is -2.27. The highest BCUT2D eigenvalue weighted by Crippen LogP contribution is 2.30. The highest BCUT2D eigenvalue weighted by Gasteiger charge is 2.27. The Hall–Kier alpha value is -2.85. The summed E-state index contributed by atoms with van der Waals surface area (Å²) in [6.45, 7) is 1.07. The number of rotatable bonds is 10. The molecule has 3 rings (SSSR count). The van der Waals surface area contributed by atoms with Gasteiger partial charge in [0, 0.05) is 31.5 Å². The van der Waals surface area contributed by atoms with Crippen LogP contribution >= 0.6 is 0 Å². The molecule has 168 valence electrons. The predicted octanol–water partition coefficient (Wildman–Crippen LogP) is -0.280.